The zero-order valence-corrected chi connectivity index (χ0v) is 14.0. The van der Waals surface area contributed by atoms with Crippen molar-refractivity contribution in [2.75, 3.05) is 11.5 Å². The number of nitrogens with one attached hydrogen (secondary N) is 1. The van der Waals surface area contributed by atoms with Gasteiger partial charge in [0.1, 0.15) is 0 Å². The zero-order valence-electron chi connectivity index (χ0n) is 13.2. The second-order valence-corrected chi connectivity index (χ2v) is 9.11. The van der Waals surface area contributed by atoms with Gasteiger partial charge in [-0.1, -0.05) is 29.3 Å². The van der Waals surface area contributed by atoms with Gasteiger partial charge in [-0.15, -0.1) is 0 Å². The number of amides is 1. The SMILES string of the molecule is Cc1cc(C)cc(C2(C(=O)N[C@@H]3CCCS(=O)(=O)C3)CC2)c1. The molecule has 0 radical (unpaired) electrons. The van der Waals surface area contributed by atoms with Gasteiger partial charge in [0.25, 0.3) is 0 Å². The Kier molecular flexibility index (Phi) is 3.79. The van der Waals surface area contributed by atoms with Crippen LogP contribution >= 0.6 is 0 Å². The highest BCUT2D eigenvalue weighted by Crippen LogP contribution is 2.49. The quantitative estimate of drug-likeness (QED) is 0.926. The van der Waals surface area contributed by atoms with Gasteiger partial charge in [-0.2, -0.15) is 0 Å². The molecule has 1 heterocycles. The van der Waals surface area contributed by atoms with Gasteiger partial charge in [-0.25, -0.2) is 8.42 Å². The number of carbonyl (C=O) groups excluding carboxylic acids is 1. The standard InChI is InChI=1S/C17H23NO3S/c1-12-8-13(2)10-14(9-12)17(5-6-17)16(19)18-15-4-3-7-22(20,21)11-15/h8-10,15H,3-7,11H2,1-2H3,(H,18,19)/t15-/m1/s1. The molecule has 3 rings (SSSR count). The van der Waals surface area contributed by atoms with E-state index in [0.717, 1.165) is 36.0 Å². The summed E-state index contributed by atoms with van der Waals surface area (Å²) < 4.78 is 23.4. The van der Waals surface area contributed by atoms with Crippen molar-refractivity contribution in [2.45, 2.75) is 51.0 Å². The Bertz CT molecular complexity index is 684. The fourth-order valence-electron chi connectivity index (χ4n) is 3.48. The molecule has 5 heteroatoms. The molecule has 1 aromatic rings. The average molecular weight is 321 g/mol. The summed E-state index contributed by atoms with van der Waals surface area (Å²) in [4.78, 5) is 12.7. The summed E-state index contributed by atoms with van der Waals surface area (Å²) in [6.45, 7) is 4.08. The highest BCUT2D eigenvalue weighted by atomic mass is 32.2. The van der Waals surface area contributed by atoms with Gasteiger partial charge < -0.3 is 5.32 Å². The average Bonchev–Trinajstić information content (AvgIpc) is 3.17. The molecule has 1 saturated carbocycles. The van der Waals surface area contributed by atoms with E-state index in [9.17, 15) is 13.2 Å². The molecule has 0 bridgehead atoms. The Morgan fingerprint density at radius 1 is 1.18 bits per heavy atom. The Morgan fingerprint density at radius 3 is 2.36 bits per heavy atom. The maximum atomic E-state index is 12.7. The number of hydrogen-bond acceptors (Lipinski definition) is 3. The Morgan fingerprint density at radius 2 is 1.82 bits per heavy atom. The first-order valence-corrected chi connectivity index (χ1v) is 9.73. The normalized spacial score (nSPS) is 25.5. The van der Waals surface area contributed by atoms with E-state index in [1.807, 2.05) is 13.8 Å². The first kappa shape index (κ1) is 15.5. The van der Waals surface area contributed by atoms with Crippen LogP contribution in [0.3, 0.4) is 0 Å². The lowest BCUT2D eigenvalue weighted by atomic mass is 9.91. The summed E-state index contributed by atoms with van der Waals surface area (Å²) in [5.41, 5.74) is 2.96. The third kappa shape index (κ3) is 3.05. The predicted molar refractivity (Wildman–Crippen MR) is 86.6 cm³/mol. The van der Waals surface area contributed by atoms with Crippen LogP contribution in [0.5, 0.6) is 0 Å². The van der Waals surface area contributed by atoms with E-state index in [-0.39, 0.29) is 23.5 Å². The van der Waals surface area contributed by atoms with Crippen molar-refractivity contribution in [1.29, 1.82) is 0 Å². The molecule has 0 aromatic heterocycles. The van der Waals surface area contributed by atoms with Crippen molar-refractivity contribution in [3.05, 3.63) is 34.9 Å². The van der Waals surface area contributed by atoms with E-state index in [1.54, 1.807) is 0 Å². The van der Waals surface area contributed by atoms with Crippen LogP contribution in [0.1, 0.15) is 42.4 Å². The molecule has 1 aliphatic carbocycles. The van der Waals surface area contributed by atoms with Crippen molar-refractivity contribution in [2.24, 2.45) is 0 Å². The third-order valence-corrected chi connectivity index (χ3v) is 6.58. The van der Waals surface area contributed by atoms with Crippen molar-refractivity contribution < 1.29 is 13.2 Å². The zero-order chi connectivity index (χ0) is 16.0. The lowest BCUT2D eigenvalue weighted by molar-refractivity contribution is -0.124. The summed E-state index contributed by atoms with van der Waals surface area (Å²) in [5.74, 6) is 0.336. The van der Waals surface area contributed by atoms with Gasteiger partial charge >= 0.3 is 0 Å². The smallest absolute Gasteiger partial charge is 0.230 e. The van der Waals surface area contributed by atoms with Crippen molar-refractivity contribution in [1.82, 2.24) is 5.32 Å². The van der Waals surface area contributed by atoms with E-state index in [2.05, 4.69) is 23.5 Å². The largest absolute Gasteiger partial charge is 0.352 e. The molecule has 1 atom stereocenters. The molecular formula is C17H23NO3S. The molecule has 2 fully saturated rings. The molecule has 1 saturated heterocycles. The van der Waals surface area contributed by atoms with E-state index < -0.39 is 15.3 Å². The molecule has 22 heavy (non-hydrogen) atoms. The summed E-state index contributed by atoms with van der Waals surface area (Å²) in [6, 6.07) is 6.04. The molecule has 120 valence electrons. The number of benzene rings is 1. The topological polar surface area (TPSA) is 63.2 Å². The van der Waals surface area contributed by atoms with Crippen LogP contribution in [-0.4, -0.2) is 31.9 Å². The van der Waals surface area contributed by atoms with Crippen molar-refractivity contribution >= 4 is 15.7 Å². The number of carbonyl (C=O) groups is 1. The number of sulfone groups is 1. The second kappa shape index (κ2) is 5.37. The van der Waals surface area contributed by atoms with Gasteiger partial charge in [-0.05, 0) is 45.1 Å². The van der Waals surface area contributed by atoms with Crippen LogP contribution < -0.4 is 5.32 Å². The molecule has 1 N–H and O–H groups in total. The number of aryl methyl sites for hydroxylation is 2. The summed E-state index contributed by atoms with van der Waals surface area (Å²) in [7, 11) is -3.00. The molecule has 0 spiro atoms. The Hall–Kier alpha value is -1.36. The van der Waals surface area contributed by atoms with Crippen LogP contribution in [0.4, 0.5) is 0 Å². The molecular weight excluding hydrogens is 298 g/mol. The number of hydrogen-bond donors (Lipinski definition) is 1. The highest BCUT2D eigenvalue weighted by Gasteiger charge is 2.51. The molecule has 1 aliphatic heterocycles. The summed E-state index contributed by atoms with van der Waals surface area (Å²) >= 11 is 0. The van der Waals surface area contributed by atoms with Crippen LogP contribution in [0.15, 0.2) is 18.2 Å². The molecule has 4 nitrogen and oxygen atoms in total. The van der Waals surface area contributed by atoms with Gasteiger partial charge in [0.15, 0.2) is 9.84 Å². The third-order valence-electron chi connectivity index (χ3n) is 4.76. The molecule has 2 aliphatic rings. The minimum Gasteiger partial charge on any atom is -0.352 e. The van der Waals surface area contributed by atoms with Crippen LogP contribution in [0.2, 0.25) is 0 Å². The fraction of sp³-hybridized carbons (Fsp3) is 0.588. The van der Waals surface area contributed by atoms with E-state index >= 15 is 0 Å². The van der Waals surface area contributed by atoms with Gasteiger partial charge in [0.2, 0.25) is 5.91 Å². The van der Waals surface area contributed by atoms with Crippen molar-refractivity contribution in [3.63, 3.8) is 0 Å². The minimum absolute atomic E-state index is 0.000370. The number of rotatable bonds is 3. The van der Waals surface area contributed by atoms with E-state index in [4.69, 9.17) is 0 Å². The predicted octanol–water partition coefficient (Wildman–Crippen LogP) is 2.03. The minimum atomic E-state index is -3.00. The molecule has 0 unspecified atom stereocenters. The van der Waals surface area contributed by atoms with Gasteiger partial charge in [0, 0.05) is 6.04 Å². The van der Waals surface area contributed by atoms with Gasteiger partial charge in [-0.3, -0.25) is 4.79 Å². The van der Waals surface area contributed by atoms with E-state index in [1.165, 1.54) is 0 Å². The maximum Gasteiger partial charge on any atom is 0.230 e. The lowest BCUT2D eigenvalue weighted by Crippen LogP contribution is -2.47. The van der Waals surface area contributed by atoms with E-state index in [0.29, 0.717) is 6.42 Å². The molecule has 1 aromatic carbocycles. The summed E-state index contributed by atoms with van der Waals surface area (Å²) in [6.07, 6.45) is 3.10. The Labute approximate surface area is 132 Å². The lowest BCUT2D eigenvalue weighted by Gasteiger charge is -2.26. The highest BCUT2D eigenvalue weighted by molar-refractivity contribution is 7.91. The van der Waals surface area contributed by atoms with Crippen LogP contribution in [-0.2, 0) is 20.0 Å². The van der Waals surface area contributed by atoms with Crippen molar-refractivity contribution in [3.8, 4) is 0 Å². The first-order valence-electron chi connectivity index (χ1n) is 7.91. The monoisotopic (exact) mass is 321 g/mol. The maximum absolute atomic E-state index is 12.7. The fourth-order valence-corrected chi connectivity index (χ4v) is 5.12. The molecule has 1 amide bonds. The van der Waals surface area contributed by atoms with Gasteiger partial charge in [0.05, 0.1) is 16.9 Å². The van der Waals surface area contributed by atoms with Crippen LogP contribution in [0.25, 0.3) is 0 Å². The second-order valence-electron chi connectivity index (χ2n) is 6.89. The summed E-state index contributed by atoms with van der Waals surface area (Å²) in [5, 5.41) is 3.00. The first-order chi connectivity index (χ1) is 10.3. The van der Waals surface area contributed by atoms with Crippen LogP contribution in [0, 0.1) is 13.8 Å². The Balaban J connectivity index is 1.77.